The summed E-state index contributed by atoms with van der Waals surface area (Å²) in [7, 11) is 1.62. The fraction of sp³-hybridized carbons (Fsp3) is 0.207. The van der Waals surface area contributed by atoms with Crippen LogP contribution in [0.2, 0.25) is 0 Å². The predicted octanol–water partition coefficient (Wildman–Crippen LogP) is 5.53. The summed E-state index contributed by atoms with van der Waals surface area (Å²) >= 11 is 0. The number of rotatable bonds is 6. The van der Waals surface area contributed by atoms with Crippen LogP contribution in [0, 0.1) is 5.82 Å². The minimum absolute atomic E-state index is 0.0159. The molecule has 1 saturated heterocycles. The predicted molar refractivity (Wildman–Crippen MR) is 136 cm³/mol. The molecule has 1 heterocycles. The summed E-state index contributed by atoms with van der Waals surface area (Å²) in [5.41, 5.74) is 2.39. The van der Waals surface area contributed by atoms with Crippen molar-refractivity contribution >= 4 is 22.4 Å². The molecular formula is C29H27FN2O3. The first kappa shape index (κ1) is 22.7. The summed E-state index contributed by atoms with van der Waals surface area (Å²) in [6.07, 6.45) is 0. The maximum atomic E-state index is 13.3. The first-order chi connectivity index (χ1) is 17.1. The lowest BCUT2D eigenvalue weighted by Crippen LogP contribution is -2.48. The lowest BCUT2D eigenvalue weighted by molar-refractivity contribution is 0.0746. The van der Waals surface area contributed by atoms with Gasteiger partial charge >= 0.3 is 0 Å². The van der Waals surface area contributed by atoms with Crippen LogP contribution >= 0.6 is 0 Å². The van der Waals surface area contributed by atoms with Crippen LogP contribution in [0.25, 0.3) is 10.8 Å². The molecule has 0 atom stereocenters. The molecule has 1 aliphatic rings. The summed E-state index contributed by atoms with van der Waals surface area (Å²) in [6.45, 7) is 2.89. The third kappa shape index (κ3) is 4.92. The van der Waals surface area contributed by atoms with Crippen LogP contribution in [0.3, 0.4) is 0 Å². The van der Waals surface area contributed by atoms with Crippen LogP contribution in [-0.4, -0.2) is 44.1 Å². The van der Waals surface area contributed by atoms with Crippen LogP contribution in [0.5, 0.6) is 11.5 Å². The van der Waals surface area contributed by atoms with Gasteiger partial charge in [0.2, 0.25) is 0 Å². The number of halogens is 1. The number of benzene rings is 4. The average molecular weight is 471 g/mol. The van der Waals surface area contributed by atoms with Gasteiger partial charge in [-0.1, -0.05) is 36.4 Å². The highest BCUT2D eigenvalue weighted by Gasteiger charge is 2.23. The normalized spacial score (nSPS) is 13.7. The highest BCUT2D eigenvalue weighted by atomic mass is 19.1. The number of nitrogens with zero attached hydrogens (tertiary/aromatic N) is 2. The summed E-state index contributed by atoms with van der Waals surface area (Å²) < 4.78 is 24.9. The first-order valence-corrected chi connectivity index (χ1v) is 11.7. The van der Waals surface area contributed by atoms with Crippen molar-refractivity contribution in [2.75, 3.05) is 38.2 Å². The summed E-state index contributed by atoms with van der Waals surface area (Å²) in [5.74, 6) is 1.21. The van der Waals surface area contributed by atoms with E-state index in [4.69, 9.17) is 9.47 Å². The third-order valence-electron chi connectivity index (χ3n) is 6.42. The molecule has 0 spiro atoms. The van der Waals surface area contributed by atoms with Gasteiger partial charge in [0.25, 0.3) is 5.91 Å². The number of carbonyl (C=O) groups excluding carboxylic acids is 1. The highest BCUT2D eigenvalue weighted by Crippen LogP contribution is 2.28. The van der Waals surface area contributed by atoms with Crippen LogP contribution in [0.1, 0.15) is 15.9 Å². The average Bonchev–Trinajstić information content (AvgIpc) is 2.92. The Morgan fingerprint density at radius 3 is 2.37 bits per heavy atom. The number of hydrogen-bond donors (Lipinski definition) is 0. The fourth-order valence-electron chi connectivity index (χ4n) is 4.50. The number of ether oxygens (including phenoxy) is 2. The second-order valence-electron chi connectivity index (χ2n) is 8.55. The van der Waals surface area contributed by atoms with Crippen molar-refractivity contribution in [3.8, 4) is 11.5 Å². The molecule has 0 aromatic heterocycles. The number of methoxy groups -OCH3 is 1. The van der Waals surface area contributed by atoms with Gasteiger partial charge in [-0.2, -0.15) is 0 Å². The second-order valence-corrected chi connectivity index (χ2v) is 8.55. The molecule has 0 saturated carbocycles. The van der Waals surface area contributed by atoms with E-state index in [-0.39, 0.29) is 18.3 Å². The minimum Gasteiger partial charge on any atom is -0.496 e. The van der Waals surface area contributed by atoms with Crippen LogP contribution in [0.15, 0.2) is 84.9 Å². The van der Waals surface area contributed by atoms with E-state index in [2.05, 4.69) is 17.0 Å². The lowest BCUT2D eigenvalue weighted by Gasteiger charge is -2.36. The van der Waals surface area contributed by atoms with Crippen LogP contribution in [-0.2, 0) is 6.61 Å². The first-order valence-electron chi connectivity index (χ1n) is 11.7. The van der Waals surface area contributed by atoms with Gasteiger partial charge in [-0.3, -0.25) is 4.79 Å². The number of carbonyl (C=O) groups is 1. The Labute approximate surface area is 204 Å². The quantitative estimate of drug-likeness (QED) is 0.372. The third-order valence-corrected chi connectivity index (χ3v) is 6.42. The number of hydrogen-bond acceptors (Lipinski definition) is 4. The molecule has 35 heavy (non-hydrogen) atoms. The molecular weight excluding hydrogens is 443 g/mol. The summed E-state index contributed by atoms with van der Waals surface area (Å²) in [6, 6.07) is 26.0. The number of piperazine rings is 1. The van der Waals surface area contributed by atoms with Gasteiger partial charge in [0.05, 0.1) is 7.11 Å². The molecule has 5 nitrogen and oxygen atoms in total. The van der Waals surface area contributed by atoms with Crippen molar-refractivity contribution in [1.29, 1.82) is 0 Å². The van der Waals surface area contributed by atoms with E-state index in [0.717, 1.165) is 27.8 Å². The maximum Gasteiger partial charge on any atom is 0.253 e. The Bertz CT molecular complexity index is 1330. The standard InChI is InChI=1S/C29H27FN2O3/c1-34-27-14-9-22(19-23(27)20-35-28-8-4-6-21-5-2-3-7-26(21)28)29(33)32-17-15-31(16-18-32)25-12-10-24(30)11-13-25/h2-14,19H,15-18,20H2,1H3. The monoisotopic (exact) mass is 470 g/mol. The van der Waals surface area contributed by atoms with Crippen molar-refractivity contribution in [2.45, 2.75) is 6.61 Å². The summed E-state index contributed by atoms with van der Waals surface area (Å²) in [5, 5.41) is 2.15. The Balaban J connectivity index is 1.28. The molecule has 4 aromatic carbocycles. The highest BCUT2D eigenvalue weighted by molar-refractivity contribution is 5.95. The molecule has 0 radical (unpaired) electrons. The fourth-order valence-corrected chi connectivity index (χ4v) is 4.50. The molecule has 6 heteroatoms. The largest absolute Gasteiger partial charge is 0.496 e. The van der Waals surface area contributed by atoms with E-state index in [0.29, 0.717) is 37.5 Å². The number of anilines is 1. The second kappa shape index (κ2) is 10.1. The van der Waals surface area contributed by atoms with Gasteiger partial charge in [-0.05, 0) is 53.9 Å². The zero-order valence-electron chi connectivity index (χ0n) is 19.6. The van der Waals surface area contributed by atoms with Crippen molar-refractivity contribution < 1.29 is 18.7 Å². The van der Waals surface area contributed by atoms with Gasteiger partial charge in [0.15, 0.2) is 0 Å². The molecule has 5 rings (SSSR count). The molecule has 0 bridgehead atoms. The van der Waals surface area contributed by atoms with E-state index in [1.165, 1.54) is 12.1 Å². The van der Waals surface area contributed by atoms with Crippen molar-refractivity contribution in [2.24, 2.45) is 0 Å². The lowest BCUT2D eigenvalue weighted by atomic mass is 10.1. The van der Waals surface area contributed by atoms with E-state index in [9.17, 15) is 9.18 Å². The van der Waals surface area contributed by atoms with Gasteiger partial charge in [-0.15, -0.1) is 0 Å². The Morgan fingerprint density at radius 1 is 0.857 bits per heavy atom. The molecule has 0 unspecified atom stereocenters. The number of amides is 1. The van der Waals surface area contributed by atoms with Gasteiger partial charge in [0, 0.05) is 48.4 Å². The Kier molecular flexibility index (Phi) is 6.53. The van der Waals surface area contributed by atoms with Crippen LogP contribution < -0.4 is 14.4 Å². The van der Waals surface area contributed by atoms with Crippen molar-refractivity contribution in [3.05, 3.63) is 102 Å². The van der Waals surface area contributed by atoms with Gasteiger partial charge in [-0.25, -0.2) is 4.39 Å². The molecule has 1 aliphatic heterocycles. The van der Waals surface area contributed by atoms with Crippen LogP contribution in [0.4, 0.5) is 10.1 Å². The van der Waals surface area contributed by atoms with Gasteiger partial charge < -0.3 is 19.3 Å². The van der Waals surface area contributed by atoms with Crippen molar-refractivity contribution in [1.82, 2.24) is 4.90 Å². The Hall–Kier alpha value is -4.06. The molecule has 1 fully saturated rings. The van der Waals surface area contributed by atoms with E-state index >= 15 is 0 Å². The molecule has 0 aliphatic carbocycles. The molecule has 0 N–H and O–H groups in total. The maximum absolute atomic E-state index is 13.3. The minimum atomic E-state index is -0.248. The van der Waals surface area contributed by atoms with E-state index in [1.54, 1.807) is 25.3 Å². The Morgan fingerprint density at radius 2 is 1.60 bits per heavy atom. The topological polar surface area (TPSA) is 42.0 Å². The zero-order valence-corrected chi connectivity index (χ0v) is 19.6. The summed E-state index contributed by atoms with van der Waals surface area (Å²) in [4.78, 5) is 17.3. The zero-order chi connectivity index (χ0) is 24.2. The molecule has 178 valence electrons. The van der Waals surface area contributed by atoms with Gasteiger partial charge in [0.1, 0.15) is 23.9 Å². The molecule has 1 amide bonds. The number of fused-ring (bicyclic) bond motifs is 1. The smallest absolute Gasteiger partial charge is 0.253 e. The van der Waals surface area contributed by atoms with E-state index in [1.807, 2.05) is 47.4 Å². The SMILES string of the molecule is COc1ccc(C(=O)N2CCN(c3ccc(F)cc3)CC2)cc1COc1cccc2ccccc12. The molecule has 4 aromatic rings. The van der Waals surface area contributed by atoms with Crippen molar-refractivity contribution in [3.63, 3.8) is 0 Å². The van der Waals surface area contributed by atoms with E-state index < -0.39 is 0 Å².